The number of piperazine rings is 1. The van der Waals surface area contributed by atoms with Crippen LogP contribution >= 0.6 is 11.3 Å². The van der Waals surface area contributed by atoms with E-state index >= 15 is 4.39 Å². The second kappa shape index (κ2) is 11.2. The number of amides is 1. The van der Waals surface area contributed by atoms with Crippen molar-refractivity contribution in [3.63, 3.8) is 0 Å². The summed E-state index contributed by atoms with van der Waals surface area (Å²) < 4.78 is 24.1. The highest BCUT2D eigenvalue weighted by Crippen LogP contribution is 2.40. The molecule has 10 heteroatoms. The number of hydrogen-bond acceptors (Lipinski definition) is 7. The van der Waals surface area contributed by atoms with Gasteiger partial charge in [0.15, 0.2) is 5.82 Å². The Bertz CT molecular complexity index is 1760. The zero-order valence-electron chi connectivity index (χ0n) is 24.0. The third kappa shape index (κ3) is 4.81. The monoisotopic (exact) mass is 596 g/mol. The zero-order chi connectivity index (χ0) is 29.6. The number of thiophene rings is 1. The normalized spacial score (nSPS) is 20.0. The van der Waals surface area contributed by atoms with Gasteiger partial charge in [-0.05, 0) is 74.0 Å². The Morgan fingerprint density at radius 1 is 1.12 bits per heavy atom. The molecule has 220 valence electrons. The molecular weight excluding hydrogens is 563 g/mol. The van der Waals surface area contributed by atoms with E-state index < -0.39 is 5.82 Å². The molecule has 3 aliphatic heterocycles. The Morgan fingerprint density at radius 3 is 2.74 bits per heavy atom. The third-order valence-electron chi connectivity index (χ3n) is 9.38. The number of fused-ring (bicyclic) bond motifs is 3. The largest absolute Gasteiger partial charge is 0.461 e. The predicted molar refractivity (Wildman–Crippen MR) is 168 cm³/mol. The van der Waals surface area contributed by atoms with Crippen LogP contribution < -0.4 is 9.64 Å². The standard InChI is InChI=1S/C33H33FN6O2S/c1-3-28(41)40-17-16-38(20-22(40)19-35-2)31-26-10-9-25(23-7-4-8-27-24(23)11-18-43-27)29(34)30(26)36-32(37-31)42-21-33-12-5-14-39(33)15-6-13-33/h3-4,7-11,18,22H,1,5-6,12-17,19-21H2/t22-/m0/s1. The van der Waals surface area contributed by atoms with Crippen molar-refractivity contribution in [2.45, 2.75) is 37.3 Å². The van der Waals surface area contributed by atoms with Gasteiger partial charge in [0, 0.05) is 40.7 Å². The Hall–Kier alpha value is -4.07. The van der Waals surface area contributed by atoms with Crippen LogP contribution in [0.5, 0.6) is 6.01 Å². The van der Waals surface area contributed by atoms with Crippen LogP contribution in [0.15, 0.2) is 54.4 Å². The fourth-order valence-electron chi connectivity index (χ4n) is 7.24. The predicted octanol–water partition coefficient (Wildman–Crippen LogP) is 5.78. The molecule has 0 saturated carbocycles. The summed E-state index contributed by atoms with van der Waals surface area (Å²) in [6.07, 6.45) is 5.74. The van der Waals surface area contributed by atoms with Gasteiger partial charge in [0.25, 0.3) is 0 Å². The number of benzene rings is 2. The number of anilines is 1. The molecule has 0 bridgehead atoms. The number of hydrogen-bond donors (Lipinski definition) is 0. The minimum atomic E-state index is -0.413. The van der Waals surface area contributed by atoms with Crippen LogP contribution in [0.1, 0.15) is 25.7 Å². The van der Waals surface area contributed by atoms with Gasteiger partial charge < -0.3 is 19.4 Å². The molecule has 3 fully saturated rings. The van der Waals surface area contributed by atoms with Gasteiger partial charge in [-0.25, -0.2) is 11.0 Å². The summed E-state index contributed by atoms with van der Waals surface area (Å²) in [4.78, 5) is 31.9. The van der Waals surface area contributed by atoms with E-state index in [2.05, 4.69) is 16.3 Å². The van der Waals surface area contributed by atoms with Gasteiger partial charge in [0.1, 0.15) is 24.0 Å². The second-order valence-electron chi connectivity index (χ2n) is 11.7. The lowest BCUT2D eigenvalue weighted by Crippen LogP contribution is -2.56. The first-order valence-corrected chi connectivity index (χ1v) is 15.8. The molecule has 0 aliphatic carbocycles. The van der Waals surface area contributed by atoms with E-state index in [0.29, 0.717) is 43.0 Å². The number of ether oxygens (including phenoxy) is 1. The van der Waals surface area contributed by atoms with Crippen molar-refractivity contribution in [3.05, 3.63) is 71.7 Å². The first-order valence-electron chi connectivity index (χ1n) is 14.9. The van der Waals surface area contributed by atoms with E-state index in [1.165, 1.54) is 6.08 Å². The Balaban J connectivity index is 1.31. The van der Waals surface area contributed by atoms with Crippen molar-refractivity contribution >= 4 is 44.1 Å². The molecule has 0 radical (unpaired) electrons. The number of carbonyl (C=O) groups excluding carboxylic acids is 1. The molecule has 0 unspecified atom stereocenters. The number of aromatic nitrogens is 2. The van der Waals surface area contributed by atoms with Gasteiger partial charge >= 0.3 is 6.01 Å². The molecule has 0 N–H and O–H groups in total. The van der Waals surface area contributed by atoms with Crippen LogP contribution in [-0.2, 0) is 4.79 Å². The maximum Gasteiger partial charge on any atom is 0.319 e. The molecule has 7 rings (SSSR count). The maximum absolute atomic E-state index is 16.6. The quantitative estimate of drug-likeness (QED) is 0.199. The Labute approximate surface area is 254 Å². The molecule has 5 heterocycles. The van der Waals surface area contributed by atoms with Crippen LogP contribution in [0.2, 0.25) is 0 Å². The van der Waals surface area contributed by atoms with Crippen LogP contribution in [-0.4, -0.2) is 83.1 Å². The SMILES string of the molecule is [C-]#[N+]C[C@H]1CN(c2nc(OCC34CCCN3CCC4)nc3c(F)c(-c4cccc5sccc45)ccc23)CCN1C(=O)C=C. The molecule has 3 saturated heterocycles. The van der Waals surface area contributed by atoms with Crippen molar-refractivity contribution in [2.75, 3.05) is 50.8 Å². The van der Waals surface area contributed by atoms with Crippen molar-refractivity contribution < 1.29 is 13.9 Å². The van der Waals surface area contributed by atoms with Crippen LogP contribution in [0.3, 0.4) is 0 Å². The molecule has 2 aromatic carbocycles. The van der Waals surface area contributed by atoms with E-state index in [4.69, 9.17) is 21.3 Å². The number of rotatable bonds is 7. The molecule has 8 nitrogen and oxygen atoms in total. The molecule has 2 aromatic heterocycles. The van der Waals surface area contributed by atoms with Crippen molar-refractivity contribution in [2.24, 2.45) is 0 Å². The maximum atomic E-state index is 16.6. The van der Waals surface area contributed by atoms with Gasteiger partial charge in [0.2, 0.25) is 12.5 Å². The Kier molecular flexibility index (Phi) is 7.23. The van der Waals surface area contributed by atoms with Gasteiger partial charge in [-0.1, -0.05) is 24.8 Å². The number of halogens is 1. The van der Waals surface area contributed by atoms with Crippen LogP contribution in [0.4, 0.5) is 10.2 Å². The molecule has 0 spiro atoms. The fourth-order valence-corrected chi connectivity index (χ4v) is 8.06. The summed E-state index contributed by atoms with van der Waals surface area (Å²) in [6.45, 7) is 15.2. The molecule has 3 aliphatic rings. The topological polar surface area (TPSA) is 66.2 Å². The second-order valence-corrected chi connectivity index (χ2v) is 12.6. The molecular formula is C33H33FN6O2S. The van der Waals surface area contributed by atoms with Crippen molar-refractivity contribution in [3.8, 4) is 17.1 Å². The lowest BCUT2D eigenvalue weighted by Gasteiger charge is -2.39. The minimum absolute atomic E-state index is 0.00906. The average Bonchev–Trinajstić information content (AvgIpc) is 3.76. The van der Waals surface area contributed by atoms with Crippen LogP contribution in [0.25, 0.3) is 37.0 Å². The summed E-state index contributed by atoms with van der Waals surface area (Å²) in [6, 6.07) is 11.5. The van der Waals surface area contributed by atoms with Crippen molar-refractivity contribution in [1.82, 2.24) is 19.8 Å². The molecule has 4 aromatic rings. The van der Waals surface area contributed by atoms with Gasteiger partial charge in [-0.15, -0.1) is 11.3 Å². The summed E-state index contributed by atoms with van der Waals surface area (Å²) in [5, 5.41) is 3.60. The minimum Gasteiger partial charge on any atom is -0.461 e. The summed E-state index contributed by atoms with van der Waals surface area (Å²) >= 11 is 1.63. The zero-order valence-corrected chi connectivity index (χ0v) is 24.8. The Morgan fingerprint density at radius 2 is 1.95 bits per heavy atom. The van der Waals surface area contributed by atoms with E-state index in [-0.39, 0.29) is 35.6 Å². The van der Waals surface area contributed by atoms with Crippen molar-refractivity contribution in [1.29, 1.82) is 0 Å². The lowest BCUT2D eigenvalue weighted by molar-refractivity contribution is -0.128. The molecule has 1 amide bonds. The van der Waals surface area contributed by atoms with Gasteiger partial charge in [-0.3, -0.25) is 9.69 Å². The van der Waals surface area contributed by atoms with Gasteiger partial charge in [0.05, 0.1) is 5.54 Å². The smallest absolute Gasteiger partial charge is 0.319 e. The number of carbonyl (C=O) groups is 1. The summed E-state index contributed by atoms with van der Waals surface area (Å²) in [5.41, 5.74) is 1.50. The van der Waals surface area contributed by atoms with E-state index in [9.17, 15) is 4.79 Å². The highest BCUT2D eigenvalue weighted by molar-refractivity contribution is 7.17. The fraction of sp³-hybridized carbons (Fsp3) is 0.394. The first-order chi connectivity index (χ1) is 21.0. The highest BCUT2D eigenvalue weighted by Gasteiger charge is 2.45. The first kappa shape index (κ1) is 27.7. The molecule has 43 heavy (non-hydrogen) atoms. The summed E-state index contributed by atoms with van der Waals surface area (Å²) in [7, 11) is 0. The number of nitrogens with zero attached hydrogens (tertiary/aromatic N) is 6. The van der Waals surface area contributed by atoms with E-state index in [1.54, 1.807) is 22.3 Å². The lowest BCUT2D eigenvalue weighted by atomic mass is 9.95. The highest BCUT2D eigenvalue weighted by atomic mass is 32.1. The third-order valence-corrected chi connectivity index (χ3v) is 10.3. The summed E-state index contributed by atoms with van der Waals surface area (Å²) in [5.74, 6) is -0.0448. The molecule has 1 atom stereocenters. The van der Waals surface area contributed by atoms with Crippen LogP contribution in [0, 0.1) is 12.4 Å². The average molecular weight is 597 g/mol. The van der Waals surface area contributed by atoms with E-state index in [0.717, 1.165) is 54.4 Å². The van der Waals surface area contributed by atoms with Gasteiger partial charge in [-0.2, -0.15) is 9.97 Å². The van der Waals surface area contributed by atoms with E-state index in [1.807, 2.05) is 40.6 Å².